The van der Waals surface area contributed by atoms with Gasteiger partial charge in [-0.3, -0.25) is 0 Å². The lowest BCUT2D eigenvalue weighted by atomic mass is 9.81. The van der Waals surface area contributed by atoms with E-state index < -0.39 is 0 Å². The first-order valence-corrected chi connectivity index (χ1v) is 5.16. The Bertz CT molecular complexity index is 184. The van der Waals surface area contributed by atoms with E-state index >= 15 is 0 Å². The van der Waals surface area contributed by atoms with E-state index in [1.54, 1.807) is 7.11 Å². The highest BCUT2D eigenvalue weighted by Gasteiger charge is 2.48. The minimum atomic E-state index is -0.352. The Hall–Kier alpha value is -0.120. The van der Waals surface area contributed by atoms with Crippen LogP contribution in [0.5, 0.6) is 0 Å². The number of ether oxygens (including phenoxy) is 1. The first-order valence-electron chi connectivity index (χ1n) is 5.16. The number of methoxy groups -OCH3 is 1. The van der Waals surface area contributed by atoms with Gasteiger partial charge in [0.15, 0.2) is 0 Å². The zero-order valence-corrected chi connectivity index (χ0v) is 8.15. The van der Waals surface area contributed by atoms with Crippen molar-refractivity contribution in [2.75, 3.05) is 13.7 Å². The monoisotopic (exact) mass is 185 g/mol. The quantitative estimate of drug-likeness (QED) is 0.668. The summed E-state index contributed by atoms with van der Waals surface area (Å²) in [6.07, 6.45) is 3.40. The zero-order chi connectivity index (χ0) is 9.42. The summed E-state index contributed by atoms with van der Waals surface area (Å²) in [5.74, 6) is 1.62. The van der Waals surface area contributed by atoms with Crippen LogP contribution in [0.25, 0.3) is 0 Å². The molecule has 2 bridgehead atoms. The van der Waals surface area contributed by atoms with Crippen LogP contribution in [0.3, 0.4) is 0 Å². The molecule has 3 nitrogen and oxygen atoms in total. The topological polar surface area (TPSA) is 55.5 Å². The molecule has 0 amide bonds. The van der Waals surface area contributed by atoms with E-state index in [1.807, 2.05) is 0 Å². The van der Waals surface area contributed by atoms with Gasteiger partial charge in [-0.15, -0.1) is 0 Å². The Labute approximate surface area is 79.3 Å². The van der Waals surface area contributed by atoms with Gasteiger partial charge in [0.05, 0.1) is 12.7 Å². The summed E-state index contributed by atoms with van der Waals surface area (Å²) >= 11 is 0. The van der Waals surface area contributed by atoms with Crippen LogP contribution in [0.15, 0.2) is 0 Å². The lowest BCUT2D eigenvalue weighted by Crippen LogP contribution is -2.43. The molecule has 0 radical (unpaired) electrons. The van der Waals surface area contributed by atoms with Crippen LogP contribution in [0.4, 0.5) is 0 Å². The second kappa shape index (κ2) is 3.56. The average Bonchev–Trinajstić information content (AvgIpc) is 2.63. The number of fused-ring (bicyclic) bond motifs is 2. The first-order chi connectivity index (χ1) is 6.24. The minimum Gasteiger partial charge on any atom is -0.390 e. The van der Waals surface area contributed by atoms with Crippen molar-refractivity contribution in [1.82, 2.24) is 0 Å². The summed E-state index contributed by atoms with van der Waals surface area (Å²) in [7, 11) is 1.63. The molecule has 2 aliphatic carbocycles. The fourth-order valence-electron chi connectivity index (χ4n) is 3.23. The van der Waals surface area contributed by atoms with Crippen molar-refractivity contribution in [3.05, 3.63) is 0 Å². The van der Waals surface area contributed by atoms with Crippen molar-refractivity contribution in [3.63, 3.8) is 0 Å². The van der Waals surface area contributed by atoms with E-state index in [2.05, 4.69) is 0 Å². The van der Waals surface area contributed by atoms with Gasteiger partial charge >= 0.3 is 0 Å². The lowest BCUT2D eigenvalue weighted by molar-refractivity contribution is 0.000738. The van der Waals surface area contributed by atoms with E-state index in [9.17, 15) is 5.11 Å². The summed E-state index contributed by atoms with van der Waals surface area (Å²) in [5.41, 5.74) is 6.08. The molecule has 0 aromatic carbocycles. The SMILES string of the molecule is COCC(O)C1C2CCC(C2)C1N. The molecular weight excluding hydrogens is 166 g/mol. The van der Waals surface area contributed by atoms with Gasteiger partial charge in [0.25, 0.3) is 0 Å². The molecular formula is C10H19NO2. The summed E-state index contributed by atoms with van der Waals surface area (Å²) in [6, 6.07) is 0.212. The van der Waals surface area contributed by atoms with Crippen LogP contribution in [-0.4, -0.2) is 31.0 Å². The van der Waals surface area contributed by atoms with Gasteiger partial charge in [0.1, 0.15) is 0 Å². The fourth-order valence-corrected chi connectivity index (χ4v) is 3.23. The van der Waals surface area contributed by atoms with E-state index in [1.165, 1.54) is 19.3 Å². The van der Waals surface area contributed by atoms with Crippen LogP contribution in [0.2, 0.25) is 0 Å². The van der Waals surface area contributed by atoms with Crippen molar-refractivity contribution in [3.8, 4) is 0 Å². The van der Waals surface area contributed by atoms with Crippen LogP contribution in [0.1, 0.15) is 19.3 Å². The van der Waals surface area contributed by atoms with Gasteiger partial charge in [0.2, 0.25) is 0 Å². The van der Waals surface area contributed by atoms with Gasteiger partial charge in [-0.2, -0.15) is 0 Å². The second-order valence-corrected chi connectivity index (χ2v) is 4.51. The number of hydrogen-bond donors (Lipinski definition) is 2. The summed E-state index contributed by atoms with van der Waals surface area (Å²) in [6.45, 7) is 0.432. The first kappa shape index (κ1) is 9.44. The fraction of sp³-hybridized carbons (Fsp3) is 1.00. The van der Waals surface area contributed by atoms with Crippen molar-refractivity contribution >= 4 is 0 Å². The highest BCUT2D eigenvalue weighted by molar-refractivity contribution is 5.01. The number of aliphatic hydroxyl groups excluding tert-OH is 1. The van der Waals surface area contributed by atoms with Crippen LogP contribution in [0, 0.1) is 17.8 Å². The Morgan fingerprint density at radius 2 is 2.15 bits per heavy atom. The second-order valence-electron chi connectivity index (χ2n) is 4.51. The van der Waals surface area contributed by atoms with Gasteiger partial charge in [-0.25, -0.2) is 0 Å². The van der Waals surface area contributed by atoms with Gasteiger partial charge in [0, 0.05) is 19.1 Å². The molecule has 5 atom stereocenters. The molecule has 0 aromatic rings. The molecule has 2 saturated carbocycles. The van der Waals surface area contributed by atoms with Crippen molar-refractivity contribution in [2.24, 2.45) is 23.5 Å². The Morgan fingerprint density at radius 1 is 1.46 bits per heavy atom. The molecule has 13 heavy (non-hydrogen) atoms. The molecule has 0 spiro atoms. The molecule has 3 N–H and O–H groups in total. The standard InChI is InChI=1S/C10H19NO2/c1-13-5-8(12)9-6-2-3-7(4-6)10(9)11/h6-10,12H,2-5,11H2,1H3. The zero-order valence-electron chi connectivity index (χ0n) is 8.15. The van der Waals surface area contributed by atoms with Crippen LogP contribution >= 0.6 is 0 Å². The molecule has 0 saturated heterocycles. The molecule has 2 aliphatic rings. The molecule has 0 heterocycles. The summed E-state index contributed by atoms with van der Waals surface area (Å²) in [5, 5.41) is 9.84. The van der Waals surface area contributed by atoms with E-state index in [4.69, 9.17) is 10.5 Å². The van der Waals surface area contributed by atoms with Crippen molar-refractivity contribution in [2.45, 2.75) is 31.4 Å². The molecule has 2 rings (SSSR count). The van der Waals surface area contributed by atoms with Crippen LogP contribution < -0.4 is 5.73 Å². The third-order valence-corrected chi connectivity index (χ3v) is 3.83. The minimum absolute atomic E-state index is 0.212. The Kier molecular flexibility index (Phi) is 2.58. The normalized spacial score (nSPS) is 45.5. The lowest BCUT2D eigenvalue weighted by Gasteiger charge is -2.31. The highest BCUT2D eigenvalue weighted by atomic mass is 16.5. The predicted molar refractivity (Wildman–Crippen MR) is 50.2 cm³/mol. The Morgan fingerprint density at radius 3 is 2.69 bits per heavy atom. The Balaban J connectivity index is 1.99. The van der Waals surface area contributed by atoms with E-state index in [0.29, 0.717) is 24.4 Å². The van der Waals surface area contributed by atoms with E-state index in [0.717, 1.165) is 0 Å². The molecule has 3 heteroatoms. The van der Waals surface area contributed by atoms with Crippen LogP contribution in [-0.2, 0) is 4.74 Å². The van der Waals surface area contributed by atoms with Gasteiger partial charge < -0.3 is 15.6 Å². The average molecular weight is 185 g/mol. The summed E-state index contributed by atoms with van der Waals surface area (Å²) in [4.78, 5) is 0. The maximum Gasteiger partial charge on any atom is 0.0819 e. The molecule has 2 fully saturated rings. The van der Waals surface area contributed by atoms with Gasteiger partial charge in [-0.1, -0.05) is 0 Å². The third-order valence-electron chi connectivity index (χ3n) is 3.83. The predicted octanol–water partition coefficient (Wildman–Crippen LogP) is 0.367. The molecule has 0 aliphatic heterocycles. The van der Waals surface area contributed by atoms with Gasteiger partial charge in [-0.05, 0) is 31.1 Å². The van der Waals surface area contributed by atoms with Crippen molar-refractivity contribution < 1.29 is 9.84 Å². The number of aliphatic hydroxyl groups is 1. The molecule has 5 unspecified atom stereocenters. The maximum absolute atomic E-state index is 9.84. The summed E-state index contributed by atoms with van der Waals surface area (Å²) < 4.78 is 4.97. The largest absolute Gasteiger partial charge is 0.390 e. The van der Waals surface area contributed by atoms with Crippen molar-refractivity contribution in [1.29, 1.82) is 0 Å². The number of rotatable bonds is 3. The third kappa shape index (κ3) is 1.49. The number of hydrogen-bond acceptors (Lipinski definition) is 3. The molecule has 76 valence electrons. The molecule has 0 aromatic heterocycles. The maximum atomic E-state index is 9.84. The highest BCUT2D eigenvalue weighted by Crippen LogP contribution is 2.48. The smallest absolute Gasteiger partial charge is 0.0819 e. The van der Waals surface area contributed by atoms with E-state index in [-0.39, 0.29) is 12.1 Å². The number of nitrogens with two attached hydrogens (primary N) is 1.